The molecule has 132 valence electrons. The van der Waals surface area contributed by atoms with Crippen molar-refractivity contribution >= 4 is 23.3 Å². The van der Waals surface area contributed by atoms with Gasteiger partial charge in [0, 0.05) is 32.4 Å². The van der Waals surface area contributed by atoms with E-state index in [0.717, 1.165) is 5.82 Å². The van der Waals surface area contributed by atoms with E-state index in [0.29, 0.717) is 37.4 Å². The number of para-hydroxylation sites is 1. The van der Waals surface area contributed by atoms with Crippen LogP contribution >= 0.6 is 0 Å². The molecule has 7 heteroatoms. The number of nitrogens with zero attached hydrogens (tertiary/aromatic N) is 4. The maximum absolute atomic E-state index is 12.4. The van der Waals surface area contributed by atoms with Crippen molar-refractivity contribution < 1.29 is 9.59 Å². The number of nitrogens with one attached hydrogen (secondary N) is 1. The lowest BCUT2D eigenvalue weighted by Crippen LogP contribution is -2.49. The monoisotopic (exact) mass is 349 g/mol. The molecule has 1 N–H and O–H groups in total. The SMILES string of the molecule is N#Cc1ccccc1NC(=O)CC(=O)N1CCN(c2ccccn2)CC1. The standard InChI is InChI=1S/C19H19N5O2/c20-14-15-5-1-2-6-16(15)22-18(25)13-19(26)24-11-9-23(10-12-24)17-7-3-4-8-21-17/h1-8H,9-13H2,(H,22,25). The number of amides is 2. The number of hydrogen-bond acceptors (Lipinski definition) is 5. The van der Waals surface area contributed by atoms with Crippen molar-refractivity contribution in [2.45, 2.75) is 6.42 Å². The Hall–Kier alpha value is -3.40. The number of carbonyl (C=O) groups is 2. The summed E-state index contributed by atoms with van der Waals surface area (Å²) in [6, 6.07) is 14.5. The lowest BCUT2D eigenvalue weighted by Gasteiger charge is -2.35. The molecule has 1 saturated heterocycles. The quantitative estimate of drug-likeness (QED) is 0.848. The van der Waals surface area contributed by atoms with Crippen molar-refractivity contribution in [2.24, 2.45) is 0 Å². The molecule has 0 saturated carbocycles. The minimum absolute atomic E-state index is 0.211. The van der Waals surface area contributed by atoms with Gasteiger partial charge in [0.2, 0.25) is 11.8 Å². The number of hydrogen-bond donors (Lipinski definition) is 1. The fraction of sp³-hybridized carbons (Fsp3) is 0.263. The Labute approximate surface area is 151 Å². The van der Waals surface area contributed by atoms with Gasteiger partial charge in [-0.1, -0.05) is 18.2 Å². The number of aromatic nitrogens is 1. The summed E-state index contributed by atoms with van der Waals surface area (Å²) in [5.41, 5.74) is 0.796. The Balaban J connectivity index is 1.51. The predicted molar refractivity (Wildman–Crippen MR) is 97.4 cm³/mol. The molecule has 1 fully saturated rings. The van der Waals surface area contributed by atoms with Gasteiger partial charge in [0.05, 0.1) is 11.3 Å². The molecule has 2 aromatic rings. The molecule has 7 nitrogen and oxygen atoms in total. The third-order valence-electron chi connectivity index (χ3n) is 4.24. The van der Waals surface area contributed by atoms with Crippen LogP contribution in [-0.2, 0) is 9.59 Å². The smallest absolute Gasteiger partial charge is 0.233 e. The summed E-state index contributed by atoms with van der Waals surface area (Å²) < 4.78 is 0. The number of piperazine rings is 1. The summed E-state index contributed by atoms with van der Waals surface area (Å²) in [4.78, 5) is 32.6. The van der Waals surface area contributed by atoms with E-state index < -0.39 is 5.91 Å². The van der Waals surface area contributed by atoms with Crippen LogP contribution in [0.25, 0.3) is 0 Å². The largest absolute Gasteiger partial charge is 0.353 e. The summed E-state index contributed by atoms with van der Waals surface area (Å²) in [6.45, 7) is 2.47. The molecule has 1 aliphatic heterocycles. The van der Waals surface area contributed by atoms with Crippen LogP contribution in [0.1, 0.15) is 12.0 Å². The zero-order valence-corrected chi connectivity index (χ0v) is 14.3. The Morgan fingerprint density at radius 3 is 2.50 bits per heavy atom. The number of anilines is 2. The van der Waals surface area contributed by atoms with Gasteiger partial charge in [-0.3, -0.25) is 9.59 Å². The number of benzene rings is 1. The molecular formula is C19H19N5O2. The molecule has 0 unspecified atom stereocenters. The fourth-order valence-corrected chi connectivity index (χ4v) is 2.86. The van der Waals surface area contributed by atoms with E-state index in [2.05, 4.69) is 15.2 Å². The van der Waals surface area contributed by atoms with Crippen LogP contribution in [0.5, 0.6) is 0 Å². The normalized spacial score (nSPS) is 13.8. The summed E-state index contributed by atoms with van der Waals surface area (Å²) >= 11 is 0. The number of carbonyl (C=O) groups excluding carboxylic acids is 2. The summed E-state index contributed by atoms with van der Waals surface area (Å²) in [5, 5.41) is 11.7. The van der Waals surface area contributed by atoms with Gasteiger partial charge in [-0.2, -0.15) is 5.26 Å². The molecule has 1 aromatic heterocycles. The first kappa shape index (κ1) is 17.4. The van der Waals surface area contributed by atoms with E-state index in [4.69, 9.17) is 5.26 Å². The molecule has 0 aliphatic carbocycles. The highest BCUT2D eigenvalue weighted by Crippen LogP contribution is 2.15. The van der Waals surface area contributed by atoms with Gasteiger partial charge < -0.3 is 15.1 Å². The third kappa shape index (κ3) is 4.16. The van der Waals surface area contributed by atoms with E-state index in [1.165, 1.54) is 0 Å². The second-order valence-electron chi connectivity index (χ2n) is 5.94. The lowest BCUT2D eigenvalue weighted by molar-refractivity contribution is -0.134. The number of nitriles is 1. The van der Waals surface area contributed by atoms with E-state index in [9.17, 15) is 9.59 Å². The molecule has 0 spiro atoms. The first-order chi connectivity index (χ1) is 12.7. The Bertz CT molecular complexity index is 823. The van der Waals surface area contributed by atoms with Crippen molar-refractivity contribution in [3.05, 3.63) is 54.2 Å². The van der Waals surface area contributed by atoms with Crippen LogP contribution in [0.15, 0.2) is 48.7 Å². The Morgan fingerprint density at radius 1 is 1.08 bits per heavy atom. The molecule has 1 aromatic carbocycles. The topological polar surface area (TPSA) is 89.3 Å². The fourth-order valence-electron chi connectivity index (χ4n) is 2.86. The third-order valence-corrected chi connectivity index (χ3v) is 4.24. The van der Waals surface area contributed by atoms with Crippen molar-refractivity contribution in [1.82, 2.24) is 9.88 Å². The van der Waals surface area contributed by atoms with Gasteiger partial charge in [0.1, 0.15) is 18.3 Å². The molecule has 26 heavy (non-hydrogen) atoms. The minimum atomic E-state index is -0.412. The van der Waals surface area contributed by atoms with Crippen LogP contribution in [0.2, 0.25) is 0 Å². The van der Waals surface area contributed by atoms with Crippen LogP contribution < -0.4 is 10.2 Å². The maximum Gasteiger partial charge on any atom is 0.233 e. The average Bonchev–Trinajstić information content (AvgIpc) is 2.69. The molecule has 2 amide bonds. The van der Waals surface area contributed by atoms with Gasteiger partial charge in [-0.25, -0.2) is 4.98 Å². The molecule has 1 aliphatic rings. The van der Waals surface area contributed by atoms with Crippen molar-refractivity contribution in [2.75, 3.05) is 36.4 Å². The van der Waals surface area contributed by atoms with E-state index in [1.54, 1.807) is 35.4 Å². The van der Waals surface area contributed by atoms with Gasteiger partial charge >= 0.3 is 0 Å². The van der Waals surface area contributed by atoms with Gasteiger partial charge in [0.25, 0.3) is 0 Å². The van der Waals surface area contributed by atoms with Gasteiger partial charge in [-0.15, -0.1) is 0 Å². The van der Waals surface area contributed by atoms with E-state index in [-0.39, 0.29) is 12.3 Å². The van der Waals surface area contributed by atoms with Crippen molar-refractivity contribution in [3.63, 3.8) is 0 Å². The number of rotatable bonds is 4. The highest BCUT2D eigenvalue weighted by molar-refractivity contribution is 6.04. The van der Waals surface area contributed by atoms with Crippen LogP contribution in [0.3, 0.4) is 0 Å². The lowest BCUT2D eigenvalue weighted by atomic mass is 10.2. The maximum atomic E-state index is 12.4. The first-order valence-electron chi connectivity index (χ1n) is 8.40. The molecule has 0 radical (unpaired) electrons. The predicted octanol–water partition coefficient (Wildman–Crippen LogP) is 1.63. The van der Waals surface area contributed by atoms with Crippen LogP contribution in [0, 0.1) is 11.3 Å². The summed E-state index contributed by atoms with van der Waals surface area (Å²) in [6.07, 6.45) is 1.51. The number of pyridine rings is 1. The average molecular weight is 349 g/mol. The van der Waals surface area contributed by atoms with Gasteiger partial charge in [-0.05, 0) is 24.3 Å². The van der Waals surface area contributed by atoms with E-state index in [1.807, 2.05) is 24.3 Å². The first-order valence-corrected chi connectivity index (χ1v) is 8.40. The van der Waals surface area contributed by atoms with Crippen LogP contribution in [-0.4, -0.2) is 47.9 Å². The van der Waals surface area contributed by atoms with E-state index >= 15 is 0 Å². The molecular weight excluding hydrogens is 330 g/mol. The van der Waals surface area contributed by atoms with Crippen LogP contribution in [0.4, 0.5) is 11.5 Å². The Morgan fingerprint density at radius 2 is 1.81 bits per heavy atom. The molecule has 0 atom stereocenters. The second-order valence-corrected chi connectivity index (χ2v) is 5.94. The summed E-state index contributed by atoms with van der Waals surface area (Å²) in [7, 11) is 0. The highest BCUT2D eigenvalue weighted by atomic mass is 16.2. The zero-order valence-electron chi connectivity index (χ0n) is 14.3. The second kappa shape index (κ2) is 8.12. The molecule has 3 rings (SSSR count). The van der Waals surface area contributed by atoms with Crippen molar-refractivity contribution in [1.29, 1.82) is 5.26 Å². The zero-order chi connectivity index (χ0) is 18.4. The minimum Gasteiger partial charge on any atom is -0.353 e. The van der Waals surface area contributed by atoms with Crippen molar-refractivity contribution in [3.8, 4) is 6.07 Å². The molecule has 2 heterocycles. The molecule has 0 bridgehead atoms. The highest BCUT2D eigenvalue weighted by Gasteiger charge is 2.23. The Kier molecular flexibility index (Phi) is 5.44. The van der Waals surface area contributed by atoms with Gasteiger partial charge in [0.15, 0.2) is 0 Å². The summed E-state index contributed by atoms with van der Waals surface area (Å²) in [5.74, 6) is 0.271.